The summed E-state index contributed by atoms with van der Waals surface area (Å²) in [6.07, 6.45) is 1.41. The van der Waals surface area contributed by atoms with E-state index in [1.54, 1.807) is 0 Å². The van der Waals surface area contributed by atoms with Crippen LogP contribution in [0.4, 0.5) is 5.69 Å². The molecule has 0 aliphatic heterocycles. The van der Waals surface area contributed by atoms with Gasteiger partial charge in [0.15, 0.2) is 5.75 Å². The molecule has 0 aliphatic rings. The summed E-state index contributed by atoms with van der Waals surface area (Å²) in [7, 11) is 0. The van der Waals surface area contributed by atoms with Gasteiger partial charge >= 0.3 is 11.7 Å². The van der Waals surface area contributed by atoms with Crippen LogP contribution in [0, 0.1) is 10.1 Å². The molecule has 0 heterocycles. The van der Waals surface area contributed by atoms with Gasteiger partial charge in [-0.2, -0.15) is 0 Å². The number of benzene rings is 1. The highest BCUT2D eigenvalue weighted by molar-refractivity contribution is 5.93. The molecule has 0 radical (unpaired) electrons. The average Bonchev–Trinajstić information content (AvgIpc) is 2.25. The Morgan fingerprint density at radius 2 is 2.31 bits per heavy atom. The number of carboxylic acid groups (broad SMARTS) is 1. The molecule has 1 rings (SSSR count). The molecule has 0 bridgehead atoms. The Balaban J connectivity index is 3.26. The molecular formula is C10H9NO5. The predicted molar refractivity (Wildman–Crippen MR) is 55.7 cm³/mol. The second-order valence-corrected chi connectivity index (χ2v) is 2.81. The number of nitro groups is 1. The summed E-state index contributed by atoms with van der Waals surface area (Å²) in [5, 5.41) is 19.5. The van der Waals surface area contributed by atoms with Crippen LogP contribution in [-0.2, 0) is 0 Å². The van der Waals surface area contributed by atoms with Crippen molar-refractivity contribution in [2.24, 2.45) is 0 Å². The molecule has 0 saturated heterocycles. The van der Waals surface area contributed by atoms with Crippen molar-refractivity contribution in [3.05, 3.63) is 46.5 Å². The molecule has 84 valence electrons. The lowest BCUT2D eigenvalue weighted by molar-refractivity contribution is -0.386. The number of ether oxygens (including phenoxy) is 1. The summed E-state index contributed by atoms with van der Waals surface area (Å²) in [4.78, 5) is 20.7. The van der Waals surface area contributed by atoms with Crippen molar-refractivity contribution >= 4 is 11.7 Å². The number of nitrogens with zero attached hydrogens (tertiary/aromatic N) is 1. The standard InChI is InChI=1S/C10H9NO5/c1-2-6-16-8-5-3-4-7(10(12)13)9(8)11(14)15/h2-5H,1,6H2,(H,12,13). The van der Waals surface area contributed by atoms with E-state index in [4.69, 9.17) is 9.84 Å². The van der Waals surface area contributed by atoms with E-state index in [1.807, 2.05) is 0 Å². The molecule has 0 atom stereocenters. The third kappa shape index (κ3) is 2.35. The minimum atomic E-state index is -1.37. The highest BCUT2D eigenvalue weighted by Gasteiger charge is 2.24. The third-order valence-corrected chi connectivity index (χ3v) is 1.77. The molecule has 0 spiro atoms. The molecule has 1 aromatic carbocycles. The van der Waals surface area contributed by atoms with Gasteiger partial charge in [-0.3, -0.25) is 10.1 Å². The van der Waals surface area contributed by atoms with Gasteiger partial charge < -0.3 is 9.84 Å². The maximum absolute atomic E-state index is 10.8. The van der Waals surface area contributed by atoms with Crippen LogP contribution in [0.15, 0.2) is 30.9 Å². The first-order valence-corrected chi connectivity index (χ1v) is 4.32. The zero-order valence-corrected chi connectivity index (χ0v) is 8.25. The smallest absolute Gasteiger partial charge is 0.342 e. The number of aromatic carboxylic acids is 1. The largest absolute Gasteiger partial charge is 0.483 e. The second kappa shape index (κ2) is 4.92. The van der Waals surface area contributed by atoms with Crippen molar-refractivity contribution in [2.75, 3.05) is 6.61 Å². The summed E-state index contributed by atoms with van der Waals surface area (Å²) in [6.45, 7) is 3.47. The maximum Gasteiger partial charge on any atom is 0.342 e. The first-order valence-electron chi connectivity index (χ1n) is 4.32. The van der Waals surface area contributed by atoms with Crippen molar-refractivity contribution < 1.29 is 19.6 Å². The lowest BCUT2D eigenvalue weighted by Crippen LogP contribution is -2.05. The summed E-state index contributed by atoms with van der Waals surface area (Å²) >= 11 is 0. The van der Waals surface area contributed by atoms with E-state index in [0.29, 0.717) is 0 Å². The zero-order valence-electron chi connectivity index (χ0n) is 8.25. The minimum Gasteiger partial charge on any atom is -0.483 e. The van der Waals surface area contributed by atoms with Gasteiger partial charge in [-0.1, -0.05) is 18.7 Å². The zero-order chi connectivity index (χ0) is 12.1. The van der Waals surface area contributed by atoms with Crippen LogP contribution in [0.5, 0.6) is 5.75 Å². The van der Waals surface area contributed by atoms with Gasteiger partial charge in [0.25, 0.3) is 0 Å². The van der Waals surface area contributed by atoms with Crippen LogP contribution >= 0.6 is 0 Å². The van der Waals surface area contributed by atoms with E-state index >= 15 is 0 Å². The van der Waals surface area contributed by atoms with Gasteiger partial charge in [0.05, 0.1) is 4.92 Å². The highest BCUT2D eigenvalue weighted by Crippen LogP contribution is 2.30. The van der Waals surface area contributed by atoms with Crippen molar-refractivity contribution in [1.82, 2.24) is 0 Å². The van der Waals surface area contributed by atoms with E-state index < -0.39 is 22.1 Å². The molecule has 0 saturated carbocycles. The number of hydrogen-bond donors (Lipinski definition) is 1. The van der Waals surface area contributed by atoms with Crippen molar-refractivity contribution in [1.29, 1.82) is 0 Å². The average molecular weight is 223 g/mol. The Kier molecular flexibility index (Phi) is 3.60. The van der Waals surface area contributed by atoms with Crippen LogP contribution in [0.3, 0.4) is 0 Å². The molecule has 0 amide bonds. The molecule has 0 unspecified atom stereocenters. The first-order chi connectivity index (χ1) is 7.57. The quantitative estimate of drug-likeness (QED) is 0.467. The number of rotatable bonds is 5. The van der Waals surface area contributed by atoms with E-state index in [0.717, 1.165) is 6.07 Å². The summed E-state index contributed by atoms with van der Waals surface area (Å²) in [5.74, 6) is -1.44. The SMILES string of the molecule is C=CCOc1cccc(C(=O)O)c1[N+](=O)[O-]. The monoisotopic (exact) mass is 223 g/mol. The van der Waals surface area contributed by atoms with Crippen molar-refractivity contribution in [2.45, 2.75) is 0 Å². The summed E-state index contributed by atoms with van der Waals surface area (Å²) in [6, 6.07) is 3.88. The Morgan fingerprint density at radius 3 is 2.81 bits per heavy atom. The Morgan fingerprint density at radius 1 is 1.62 bits per heavy atom. The fourth-order valence-corrected chi connectivity index (χ4v) is 1.15. The minimum absolute atomic E-state index is 0.0733. The molecule has 0 aromatic heterocycles. The van der Waals surface area contributed by atoms with Crippen LogP contribution in [0.1, 0.15) is 10.4 Å². The first kappa shape index (κ1) is 11.7. The lowest BCUT2D eigenvalue weighted by atomic mass is 10.1. The number of nitro benzene ring substituents is 1. The van der Waals surface area contributed by atoms with Crippen LogP contribution < -0.4 is 4.74 Å². The highest BCUT2D eigenvalue weighted by atomic mass is 16.6. The Labute approximate surface area is 90.9 Å². The molecular weight excluding hydrogens is 214 g/mol. The Bertz CT molecular complexity index is 441. The van der Waals surface area contributed by atoms with Gasteiger partial charge in [-0.25, -0.2) is 4.79 Å². The van der Waals surface area contributed by atoms with E-state index in [1.165, 1.54) is 18.2 Å². The summed E-state index contributed by atoms with van der Waals surface area (Å²) < 4.78 is 5.02. The van der Waals surface area contributed by atoms with E-state index in [-0.39, 0.29) is 12.4 Å². The molecule has 1 aromatic rings. The molecule has 1 N–H and O–H groups in total. The normalized spacial score (nSPS) is 9.50. The van der Waals surface area contributed by atoms with Crippen LogP contribution in [0.2, 0.25) is 0 Å². The summed E-state index contributed by atoms with van der Waals surface area (Å²) in [5.41, 5.74) is -0.941. The van der Waals surface area contributed by atoms with Gasteiger partial charge in [-0.05, 0) is 12.1 Å². The van der Waals surface area contributed by atoms with E-state index in [9.17, 15) is 14.9 Å². The van der Waals surface area contributed by atoms with Crippen molar-refractivity contribution in [3.8, 4) is 5.75 Å². The number of para-hydroxylation sites is 1. The topological polar surface area (TPSA) is 89.7 Å². The Hall–Kier alpha value is -2.37. The lowest BCUT2D eigenvalue weighted by Gasteiger charge is -2.05. The number of carbonyl (C=O) groups is 1. The molecule has 6 heteroatoms. The van der Waals surface area contributed by atoms with Gasteiger partial charge in [0.1, 0.15) is 12.2 Å². The molecule has 16 heavy (non-hydrogen) atoms. The fraction of sp³-hybridized carbons (Fsp3) is 0.100. The maximum atomic E-state index is 10.8. The van der Waals surface area contributed by atoms with Crippen molar-refractivity contribution in [3.63, 3.8) is 0 Å². The second-order valence-electron chi connectivity index (χ2n) is 2.81. The van der Waals surface area contributed by atoms with Crippen LogP contribution in [0.25, 0.3) is 0 Å². The number of carboxylic acids is 1. The van der Waals surface area contributed by atoms with Gasteiger partial charge in [0.2, 0.25) is 0 Å². The molecule has 6 nitrogen and oxygen atoms in total. The molecule has 0 fully saturated rings. The molecule has 0 aliphatic carbocycles. The third-order valence-electron chi connectivity index (χ3n) is 1.77. The van der Waals surface area contributed by atoms with Gasteiger partial charge in [0, 0.05) is 0 Å². The van der Waals surface area contributed by atoms with Crippen LogP contribution in [-0.4, -0.2) is 22.6 Å². The fourth-order valence-electron chi connectivity index (χ4n) is 1.15. The van der Waals surface area contributed by atoms with E-state index in [2.05, 4.69) is 6.58 Å². The van der Waals surface area contributed by atoms with Gasteiger partial charge in [-0.15, -0.1) is 0 Å². The predicted octanol–water partition coefficient (Wildman–Crippen LogP) is 1.86. The number of hydrogen-bond acceptors (Lipinski definition) is 4.